The largest absolute Gasteiger partial charge is 0.508 e. The molecule has 0 aliphatic heterocycles. The molecule has 23 heavy (non-hydrogen) atoms. The van der Waals surface area contributed by atoms with Crippen LogP contribution in [0.15, 0.2) is 54.6 Å². The van der Waals surface area contributed by atoms with E-state index in [0.29, 0.717) is 17.9 Å². The number of allylic oxidation sites excluding steroid dienone is 1. The number of phenolic OH excluding ortho intramolecular Hbond substituents is 1. The van der Waals surface area contributed by atoms with Crippen molar-refractivity contribution in [1.29, 1.82) is 5.26 Å². The summed E-state index contributed by atoms with van der Waals surface area (Å²) in [5.41, 5.74) is 2.22. The molecule has 0 saturated carbocycles. The van der Waals surface area contributed by atoms with E-state index < -0.39 is 0 Å². The predicted octanol–water partition coefficient (Wildman–Crippen LogP) is 2.49. The van der Waals surface area contributed by atoms with Crippen molar-refractivity contribution in [2.45, 2.75) is 6.54 Å². The molecule has 1 aromatic heterocycles. The van der Waals surface area contributed by atoms with E-state index in [1.165, 1.54) is 0 Å². The first-order valence-corrected chi connectivity index (χ1v) is 6.97. The van der Waals surface area contributed by atoms with Gasteiger partial charge in [0.15, 0.2) is 5.82 Å². The molecule has 0 amide bonds. The van der Waals surface area contributed by atoms with Crippen molar-refractivity contribution < 1.29 is 5.11 Å². The Morgan fingerprint density at radius 2 is 1.87 bits per heavy atom. The zero-order valence-electron chi connectivity index (χ0n) is 12.2. The average molecular weight is 303 g/mol. The van der Waals surface area contributed by atoms with Gasteiger partial charge in [0.1, 0.15) is 11.8 Å². The number of nitrogens with zero attached hydrogens (tertiary/aromatic N) is 5. The number of hydrogen-bond donors (Lipinski definition) is 1. The lowest BCUT2D eigenvalue weighted by Crippen LogP contribution is -2.06. The van der Waals surface area contributed by atoms with Crippen LogP contribution in [0.3, 0.4) is 0 Å². The van der Waals surface area contributed by atoms with E-state index in [1.54, 1.807) is 35.0 Å². The topological polar surface area (TPSA) is 87.6 Å². The van der Waals surface area contributed by atoms with Crippen LogP contribution >= 0.6 is 0 Å². The molecule has 3 rings (SSSR count). The molecule has 0 radical (unpaired) electrons. The highest BCUT2D eigenvalue weighted by molar-refractivity contribution is 5.86. The highest BCUT2D eigenvalue weighted by atomic mass is 16.3. The number of tetrazole rings is 1. The molecular weight excluding hydrogens is 290 g/mol. The third-order valence-electron chi connectivity index (χ3n) is 3.27. The van der Waals surface area contributed by atoms with Crippen molar-refractivity contribution in [1.82, 2.24) is 20.2 Å². The number of nitriles is 1. The summed E-state index contributed by atoms with van der Waals surface area (Å²) in [5, 5.41) is 30.3. The molecule has 0 unspecified atom stereocenters. The quantitative estimate of drug-likeness (QED) is 0.748. The molecule has 0 spiro atoms. The fourth-order valence-corrected chi connectivity index (χ4v) is 2.14. The van der Waals surface area contributed by atoms with Gasteiger partial charge in [0.25, 0.3) is 0 Å². The van der Waals surface area contributed by atoms with Gasteiger partial charge in [0, 0.05) is 0 Å². The Labute approximate surface area is 132 Å². The molecule has 0 bridgehead atoms. The molecule has 6 nitrogen and oxygen atoms in total. The van der Waals surface area contributed by atoms with Crippen molar-refractivity contribution >= 4 is 11.6 Å². The summed E-state index contributed by atoms with van der Waals surface area (Å²) >= 11 is 0. The van der Waals surface area contributed by atoms with Crippen LogP contribution in [0.1, 0.15) is 17.0 Å². The van der Waals surface area contributed by atoms with Crippen molar-refractivity contribution in [3.8, 4) is 11.8 Å². The summed E-state index contributed by atoms with van der Waals surface area (Å²) in [6.45, 7) is 0.413. The minimum Gasteiger partial charge on any atom is -0.508 e. The lowest BCUT2D eigenvalue weighted by molar-refractivity contribution is 0.475. The first kappa shape index (κ1) is 14.5. The summed E-state index contributed by atoms with van der Waals surface area (Å²) < 4.78 is 1.56. The van der Waals surface area contributed by atoms with E-state index in [4.69, 9.17) is 0 Å². The number of aromatic nitrogens is 4. The van der Waals surface area contributed by atoms with Crippen molar-refractivity contribution in [3.63, 3.8) is 0 Å². The van der Waals surface area contributed by atoms with Crippen LogP contribution in [0.4, 0.5) is 0 Å². The summed E-state index contributed by atoms with van der Waals surface area (Å²) in [6, 6.07) is 18.5. The van der Waals surface area contributed by atoms with Crippen molar-refractivity contribution in [2.75, 3.05) is 0 Å². The van der Waals surface area contributed by atoms with Gasteiger partial charge in [-0.3, -0.25) is 0 Å². The molecule has 0 saturated heterocycles. The molecule has 0 fully saturated rings. The van der Waals surface area contributed by atoms with Gasteiger partial charge in [-0.2, -0.15) is 5.26 Å². The van der Waals surface area contributed by atoms with Crippen LogP contribution in [0.5, 0.6) is 5.75 Å². The van der Waals surface area contributed by atoms with Crippen LogP contribution in [0.2, 0.25) is 0 Å². The Kier molecular flexibility index (Phi) is 4.11. The molecule has 1 N–H and O–H groups in total. The van der Waals surface area contributed by atoms with Crippen LogP contribution in [0, 0.1) is 11.3 Å². The van der Waals surface area contributed by atoms with Crippen LogP contribution in [0.25, 0.3) is 11.6 Å². The van der Waals surface area contributed by atoms with Crippen LogP contribution in [-0.2, 0) is 6.54 Å². The van der Waals surface area contributed by atoms with Crippen LogP contribution < -0.4 is 0 Å². The second-order valence-corrected chi connectivity index (χ2v) is 4.91. The number of aromatic hydroxyl groups is 1. The summed E-state index contributed by atoms with van der Waals surface area (Å²) in [7, 11) is 0. The highest BCUT2D eigenvalue weighted by Gasteiger charge is 2.12. The van der Waals surface area contributed by atoms with Gasteiger partial charge < -0.3 is 5.11 Å². The van der Waals surface area contributed by atoms with E-state index in [9.17, 15) is 10.4 Å². The average Bonchev–Trinajstić information content (AvgIpc) is 3.04. The van der Waals surface area contributed by atoms with Gasteiger partial charge in [0.05, 0.1) is 12.1 Å². The molecule has 6 heteroatoms. The number of benzene rings is 2. The first-order valence-electron chi connectivity index (χ1n) is 6.97. The maximum atomic E-state index is 9.43. The molecule has 0 atom stereocenters. The van der Waals surface area contributed by atoms with Gasteiger partial charge in [0.2, 0.25) is 0 Å². The van der Waals surface area contributed by atoms with Gasteiger partial charge >= 0.3 is 0 Å². The smallest absolute Gasteiger partial charge is 0.193 e. The Hall–Kier alpha value is -3.46. The molecule has 0 aliphatic rings. The fraction of sp³-hybridized carbons (Fsp3) is 0.0588. The van der Waals surface area contributed by atoms with E-state index >= 15 is 0 Å². The zero-order valence-corrected chi connectivity index (χ0v) is 12.2. The number of hydrogen-bond acceptors (Lipinski definition) is 5. The minimum atomic E-state index is 0.201. The monoisotopic (exact) mass is 303 g/mol. The minimum absolute atomic E-state index is 0.201. The third-order valence-corrected chi connectivity index (χ3v) is 3.27. The number of rotatable bonds is 4. The van der Waals surface area contributed by atoms with Crippen molar-refractivity contribution in [2.24, 2.45) is 0 Å². The Balaban J connectivity index is 1.91. The fourth-order valence-electron chi connectivity index (χ4n) is 2.14. The SMILES string of the molecule is N#CC(=Cc1ccccc1)c1nnnn1Cc1ccc(O)cc1. The normalized spacial score (nSPS) is 11.2. The van der Waals surface area contributed by atoms with Gasteiger partial charge in [-0.1, -0.05) is 42.5 Å². The molecule has 1 heterocycles. The molecule has 3 aromatic rings. The second kappa shape index (κ2) is 6.54. The van der Waals surface area contributed by atoms with E-state index in [-0.39, 0.29) is 5.75 Å². The van der Waals surface area contributed by atoms with Gasteiger partial charge in [-0.25, -0.2) is 4.68 Å². The summed E-state index contributed by atoms with van der Waals surface area (Å²) in [6.07, 6.45) is 1.75. The molecule has 112 valence electrons. The second-order valence-electron chi connectivity index (χ2n) is 4.91. The Bertz CT molecular complexity index is 860. The van der Waals surface area contributed by atoms with Crippen LogP contribution in [-0.4, -0.2) is 25.3 Å². The Morgan fingerprint density at radius 3 is 2.57 bits per heavy atom. The maximum Gasteiger partial charge on any atom is 0.193 e. The standard InChI is InChI=1S/C17H13N5O/c18-11-15(10-13-4-2-1-3-5-13)17-19-20-21-22(17)12-14-6-8-16(23)9-7-14/h1-10,23H,12H2. The zero-order chi connectivity index (χ0) is 16.1. The van der Waals surface area contributed by atoms with E-state index in [2.05, 4.69) is 21.6 Å². The summed E-state index contributed by atoms with van der Waals surface area (Å²) in [5.74, 6) is 0.608. The third kappa shape index (κ3) is 3.41. The lowest BCUT2D eigenvalue weighted by atomic mass is 10.1. The molecular formula is C17H13N5O. The Morgan fingerprint density at radius 1 is 1.13 bits per heavy atom. The van der Waals surface area contributed by atoms with E-state index in [1.807, 2.05) is 30.3 Å². The van der Waals surface area contributed by atoms with Gasteiger partial charge in [-0.15, -0.1) is 5.10 Å². The van der Waals surface area contributed by atoms with E-state index in [0.717, 1.165) is 11.1 Å². The maximum absolute atomic E-state index is 9.43. The lowest BCUT2D eigenvalue weighted by Gasteiger charge is -2.04. The van der Waals surface area contributed by atoms with Crippen molar-refractivity contribution in [3.05, 3.63) is 71.5 Å². The van der Waals surface area contributed by atoms with Gasteiger partial charge in [-0.05, 0) is 39.8 Å². The molecule has 2 aromatic carbocycles. The highest BCUT2D eigenvalue weighted by Crippen LogP contribution is 2.16. The first-order chi connectivity index (χ1) is 11.3. The predicted molar refractivity (Wildman–Crippen MR) is 85.0 cm³/mol. The summed E-state index contributed by atoms with van der Waals surface area (Å²) in [4.78, 5) is 0. The number of phenols is 1. The molecule has 0 aliphatic carbocycles.